The van der Waals surface area contributed by atoms with Crippen molar-refractivity contribution in [1.29, 1.82) is 0 Å². The van der Waals surface area contributed by atoms with Gasteiger partial charge in [0, 0.05) is 30.7 Å². The van der Waals surface area contributed by atoms with Crippen LogP contribution in [0.15, 0.2) is 48.9 Å². The quantitative estimate of drug-likeness (QED) is 0.760. The third kappa shape index (κ3) is 2.55. The van der Waals surface area contributed by atoms with Crippen LogP contribution in [-0.2, 0) is 13.5 Å². The van der Waals surface area contributed by atoms with Gasteiger partial charge in [-0.1, -0.05) is 30.3 Å². The number of aliphatic hydroxyl groups excluding tert-OH is 1. The number of imidazole rings is 1. The lowest BCUT2D eigenvalue weighted by Gasteiger charge is -2.36. The summed E-state index contributed by atoms with van der Waals surface area (Å²) in [4.78, 5) is 24.2. The Morgan fingerprint density at radius 3 is 2.86 bits per heavy atom. The molecule has 5 rings (SSSR count). The predicted octanol–water partition coefficient (Wildman–Crippen LogP) is 2.57. The summed E-state index contributed by atoms with van der Waals surface area (Å²) in [6, 6.07) is 12.4. The van der Waals surface area contributed by atoms with E-state index in [4.69, 9.17) is 0 Å². The Kier molecular flexibility index (Phi) is 3.98. The van der Waals surface area contributed by atoms with E-state index in [0.717, 1.165) is 36.8 Å². The molecule has 3 aromatic rings. The van der Waals surface area contributed by atoms with E-state index in [2.05, 4.69) is 22.1 Å². The summed E-state index contributed by atoms with van der Waals surface area (Å²) in [6.07, 6.45) is 6.97. The summed E-state index contributed by atoms with van der Waals surface area (Å²) in [7, 11) is 1.89. The molecule has 2 aliphatic heterocycles. The van der Waals surface area contributed by atoms with Crippen molar-refractivity contribution < 1.29 is 9.90 Å². The monoisotopic (exact) mass is 376 g/mol. The average Bonchev–Trinajstić information content (AvgIpc) is 3.40. The average molecular weight is 376 g/mol. The number of aryl methyl sites for hydroxylation is 1. The van der Waals surface area contributed by atoms with E-state index < -0.39 is 0 Å². The highest BCUT2D eigenvalue weighted by molar-refractivity contribution is 5.97. The molecule has 0 unspecified atom stereocenters. The van der Waals surface area contributed by atoms with Crippen LogP contribution in [0, 0.1) is 5.41 Å². The molecule has 1 amide bonds. The maximum atomic E-state index is 13.4. The lowest BCUT2D eigenvalue weighted by atomic mass is 9.70. The van der Waals surface area contributed by atoms with E-state index in [0.29, 0.717) is 5.56 Å². The lowest BCUT2D eigenvalue weighted by molar-refractivity contribution is 0.0571. The fourth-order valence-corrected chi connectivity index (χ4v) is 5.30. The summed E-state index contributed by atoms with van der Waals surface area (Å²) in [5.41, 5.74) is 3.04. The second-order valence-electron chi connectivity index (χ2n) is 8.27. The molecule has 3 atom stereocenters. The normalized spacial score (nSPS) is 26.3. The molecule has 6 heteroatoms. The van der Waals surface area contributed by atoms with Gasteiger partial charge in [0.15, 0.2) is 5.65 Å². The standard InChI is InChI=1S/C22H24N4O2/c1-25-14-24-18-9-16(12-23-20(18)25)21(28)26-17-7-8-19(26)22(11-17,13-27)10-15-5-3-2-4-6-15/h2-6,9,12,14,17,19,27H,7-8,10-11,13H2,1H3/t17-,19+,22-/m1/s1. The number of pyridine rings is 1. The number of carbonyl (C=O) groups excluding carboxylic acids is 1. The van der Waals surface area contributed by atoms with Gasteiger partial charge in [0.2, 0.25) is 0 Å². The number of carbonyl (C=O) groups is 1. The van der Waals surface area contributed by atoms with Gasteiger partial charge in [0.05, 0.1) is 18.5 Å². The minimum atomic E-state index is -0.261. The molecular weight excluding hydrogens is 352 g/mol. The third-order valence-electron chi connectivity index (χ3n) is 6.60. The van der Waals surface area contributed by atoms with Crippen molar-refractivity contribution in [1.82, 2.24) is 19.4 Å². The van der Waals surface area contributed by atoms with Crippen LogP contribution >= 0.6 is 0 Å². The second-order valence-corrected chi connectivity index (χ2v) is 8.27. The number of aliphatic hydroxyl groups is 1. The minimum absolute atomic E-state index is 0.0101. The molecule has 2 bridgehead atoms. The Balaban J connectivity index is 1.46. The van der Waals surface area contributed by atoms with Crippen molar-refractivity contribution >= 4 is 17.1 Å². The van der Waals surface area contributed by atoms with Crippen LogP contribution in [0.2, 0.25) is 0 Å². The van der Waals surface area contributed by atoms with Gasteiger partial charge in [0.1, 0.15) is 5.52 Å². The number of amides is 1. The van der Waals surface area contributed by atoms with Gasteiger partial charge in [-0.15, -0.1) is 0 Å². The van der Waals surface area contributed by atoms with Crippen molar-refractivity contribution in [2.24, 2.45) is 12.5 Å². The van der Waals surface area contributed by atoms with E-state index in [-0.39, 0.29) is 30.0 Å². The molecular formula is C22H24N4O2. The molecule has 2 aromatic heterocycles. The Morgan fingerprint density at radius 2 is 2.07 bits per heavy atom. The summed E-state index contributed by atoms with van der Waals surface area (Å²) in [5, 5.41) is 10.4. The SMILES string of the molecule is Cn1cnc2cc(C(=O)N3[C@@H]4CC[C@H]3[C@](CO)(Cc3ccccc3)C4)cnc21. The summed E-state index contributed by atoms with van der Waals surface area (Å²) < 4.78 is 1.85. The van der Waals surface area contributed by atoms with Crippen LogP contribution in [0.25, 0.3) is 11.2 Å². The number of nitrogens with zero attached hydrogens (tertiary/aromatic N) is 4. The zero-order valence-corrected chi connectivity index (χ0v) is 16.0. The van der Waals surface area contributed by atoms with Crippen LogP contribution in [0.3, 0.4) is 0 Å². The van der Waals surface area contributed by atoms with E-state index in [1.54, 1.807) is 12.5 Å². The smallest absolute Gasteiger partial charge is 0.256 e. The van der Waals surface area contributed by atoms with E-state index in [1.165, 1.54) is 5.56 Å². The molecule has 2 fully saturated rings. The summed E-state index contributed by atoms with van der Waals surface area (Å²) in [5.74, 6) is 0.0101. The molecule has 0 spiro atoms. The van der Waals surface area contributed by atoms with E-state index in [1.807, 2.05) is 40.8 Å². The van der Waals surface area contributed by atoms with Gasteiger partial charge in [-0.2, -0.15) is 0 Å². The van der Waals surface area contributed by atoms with Crippen molar-refractivity contribution in [3.63, 3.8) is 0 Å². The molecule has 4 heterocycles. The molecule has 6 nitrogen and oxygen atoms in total. The molecule has 144 valence electrons. The molecule has 1 aromatic carbocycles. The highest BCUT2D eigenvalue weighted by Gasteiger charge is 2.57. The van der Waals surface area contributed by atoms with Gasteiger partial charge in [-0.3, -0.25) is 4.79 Å². The number of aromatic nitrogens is 3. The Morgan fingerprint density at radius 1 is 1.25 bits per heavy atom. The maximum absolute atomic E-state index is 13.4. The lowest BCUT2D eigenvalue weighted by Crippen LogP contribution is -2.44. The first-order chi connectivity index (χ1) is 13.6. The minimum Gasteiger partial charge on any atom is -0.396 e. The van der Waals surface area contributed by atoms with Gasteiger partial charge in [-0.25, -0.2) is 9.97 Å². The van der Waals surface area contributed by atoms with Crippen molar-refractivity contribution in [2.75, 3.05) is 6.61 Å². The number of rotatable bonds is 4. The van der Waals surface area contributed by atoms with Crippen LogP contribution < -0.4 is 0 Å². The zero-order chi connectivity index (χ0) is 19.3. The first-order valence-corrected chi connectivity index (χ1v) is 9.86. The summed E-state index contributed by atoms with van der Waals surface area (Å²) in [6.45, 7) is 0.102. The van der Waals surface area contributed by atoms with E-state index in [9.17, 15) is 9.90 Å². The Labute approximate surface area is 163 Å². The molecule has 0 aliphatic carbocycles. The first kappa shape index (κ1) is 17.4. The fourth-order valence-electron chi connectivity index (χ4n) is 5.30. The largest absolute Gasteiger partial charge is 0.396 e. The summed E-state index contributed by atoms with van der Waals surface area (Å²) >= 11 is 0. The van der Waals surface area contributed by atoms with E-state index >= 15 is 0 Å². The van der Waals surface area contributed by atoms with Gasteiger partial charge in [-0.05, 0) is 37.3 Å². The van der Waals surface area contributed by atoms with Crippen molar-refractivity contribution in [2.45, 2.75) is 37.8 Å². The highest BCUT2D eigenvalue weighted by atomic mass is 16.3. The first-order valence-electron chi connectivity index (χ1n) is 9.86. The zero-order valence-electron chi connectivity index (χ0n) is 16.0. The Hall–Kier alpha value is -2.73. The van der Waals surface area contributed by atoms with Crippen LogP contribution in [0.4, 0.5) is 0 Å². The number of benzene rings is 1. The van der Waals surface area contributed by atoms with Crippen molar-refractivity contribution in [3.8, 4) is 0 Å². The molecule has 28 heavy (non-hydrogen) atoms. The molecule has 0 saturated carbocycles. The number of fused-ring (bicyclic) bond motifs is 3. The number of hydrogen-bond acceptors (Lipinski definition) is 4. The van der Waals surface area contributed by atoms with Crippen LogP contribution in [-0.4, -0.2) is 49.1 Å². The topological polar surface area (TPSA) is 71.2 Å². The molecule has 1 N–H and O–H groups in total. The third-order valence-corrected chi connectivity index (χ3v) is 6.60. The van der Waals surface area contributed by atoms with Crippen molar-refractivity contribution in [3.05, 3.63) is 60.0 Å². The second kappa shape index (κ2) is 6.41. The Bertz CT molecular complexity index is 1030. The maximum Gasteiger partial charge on any atom is 0.256 e. The van der Waals surface area contributed by atoms with Gasteiger partial charge < -0.3 is 14.6 Å². The predicted molar refractivity (Wildman–Crippen MR) is 106 cm³/mol. The molecule has 2 saturated heterocycles. The highest BCUT2D eigenvalue weighted by Crippen LogP contribution is 2.51. The number of hydrogen-bond donors (Lipinski definition) is 1. The molecule has 0 radical (unpaired) electrons. The van der Waals surface area contributed by atoms with Crippen LogP contribution in [0.1, 0.15) is 35.2 Å². The fraction of sp³-hybridized carbons (Fsp3) is 0.409. The van der Waals surface area contributed by atoms with Gasteiger partial charge in [0.25, 0.3) is 5.91 Å². The van der Waals surface area contributed by atoms with Gasteiger partial charge >= 0.3 is 0 Å². The van der Waals surface area contributed by atoms with Crippen LogP contribution in [0.5, 0.6) is 0 Å². The molecule has 2 aliphatic rings.